The lowest BCUT2D eigenvalue weighted by Crippen LogP contribution is -2.58. The maximum Gasteiger partial charge on any atom is 0.326 e. The summed E-state index contributed by atoms with van der Waals surface area (Å²) in [5.74, 6) is -4.17. The first-order valence-electron chi connectivity index (χ1n) is 15.0. The Balaban J connectivity index is 1.58. The molecule has 2 heterocycles. The van der Waals surface area contributed by atoms with Gasteiger partial charge in [0.15, 0.2) is 0 Å². The van der Waals surface area contributed by atoms with Gasteiger partial charge in [-0.3, -0.25) is 19.2 Å². The first kappa shape index (κ1) is 33.7. The molecule has 0 saturated heterocycles. The van der Waals surface area contributed by atoms with E-state index in [2.05, 4.69) is 25.9 Å². The normalized spacial score (nSPS) is 13.9. The highest BCUT2D eigenvalue weighted by Crippen LogP contribution is 2.21. The van der Waals surface area contributed by atoms with Gasteiger partial charge in [-0.15, -0.1) is 0 Å². The lowest BCUT2D eigenvalue weighted by atomic mass is 10.0. The van der Waals surface area contributed by atoms with Crippen LogP contribution in [0.1, 0.15) is 36.8 Å². The van der Waals surface area contributed by atoms with Crippen LogP contribution in [0.15, 0.2) is 60.9 Å². The number of para-hydroxylation sites is 2. The van der Waals surface area contributed by atoms with E-state index >= 15 is 0 Å². The zero-order chi connectivity index (χ0) is 33.2. The Hall–Kier alpha value is -5.21. The van der Waals surface area contributed by atoms with Crippen molar-refractivity contribution in [2.45, 2.75) is 62.7 Å². The molecule has 0 aliphatic carbocycles. The predicted molar refractivity (Wildman–Crippen MR) is 172 cm³/mol. The molecule has 4 atom stereocenters. The third kappa shape index (κ3) is 8.70. The largest absolute Gasteiger partial charge is 0.480 e. The van der Waals surface area contributed by atoms with Crippen molar-refractivity contribution in [3.05, 3.63) is 72.1 Å². The van der Waals surface area contributed by atoms with Crippen molar-refractivity contribution in [1.29, 1.82) is 0 Å². The predicted octanol–water partition coefficient (Wildman–Crippen LogP) is 0.305. The maximum absolute atomic E-state index is 13.8. The molecule has 14 nitrogen and oxygen atoms in total. The number of H-pyrrole nitrogens is 2. The van der Waals surface area contributed by atoms with Crippen molar-refractivity contribution in [1.82, 2.24) is 25.9 Å². The Labute approximate surface area is 264 Å². The molecule has 0 spiro atoms. The minimum atomic E-state index is -1.30. The fourth-order valence-corrected chi connectivity index (χ4v) is 5.34. The third-order valence-corrected chi connectivity index (χ3v) is 7.78. The lowest BCUT2D eigenvalue weighted by molar-refractivity contribution is -0.142. The summed E-state index contributed by atoms with van der Waals surface area (Å²) in [7, 11) is 0. The van der Waals surface area contributed by atoms with Gasteiger partial charge in [0, 0.05) is 47.0 Å². The number of carbonyl (C=O) groups is 5. The highest BCUT2D eigenvalue weighted by molar-refractivity contribution is 5.96. The molecule has 2 aromatic carbocycles. The second-order valence-electron chi connectivity index (χ2n) is 11.2. The summed E-state index contributed by atoms with van der Waals surface area (Å²) in [5.41, 5.74) is 19.7. The van der Waals surface area contributed by atoms with E-state index in [0.29, 0.717) is 30.5 Å². The van der Waals surface area contributed by atoms with Crippen molar-refractivity contribution < 1.29 is 29.1 Å². The van der Waals surface area contributed by atoms with Gasteiger partial charge in [-0.1, -0.05) is 36.4 Å². The second kappa shape index (κ2) is 15.7. The number of aromatic amines is 2. The van der Waals surface area contributed by atoms with Crippen molar-refractivity contribution >= 4 is 51.4 Å². The van der Waals surface area contributed by atoms with Crippen molar-refractivity contribution in [2.75, 3.05) is 6.54 Å². The Kier molecular flexibility index (Phi) is 11.5. The minimum absolute atomic E-state index is 0.00559. The molecule has 4 aromatic rings. The van der Waals surface area contributed by atoms with Crippen LogP contribution in [0.5, 0.6) is 0 Å². The number of rotatable bonds is 17. The maximum atomic E-state index is 13.8. The van der Waals surface area contributed by atoms with Crippen LogP contribution in [0.3, 0.4) is 0 Å². The molecule has 244 valence electrons. The van der Waals surface area contributed by atoms with Crippen LogP contribution >= 0.6 is 0 Å². The van der Waals surface area contributed by atoms with Gasteiger partial charge in [-0.2, -0.15) is 0 Å². The van der Waals surface area contributed by atoms with Gasteiger partial charge in [0.25, 0.3) is 0 Å². The Bertz CT molecular complexity index is 1700. The van der Waals surface area contributed by atoms with Crippen molar-refractivity contribution in [3.8, 4) is 0 Å². The van der Waals surface area contributed by atoms with Crippen LogP contribution < -0.4 is 33.2 Å². The first-order chi connectivity index (χ1) is 22.1. The molecule has 0 aliphatic rings. The molecule has 0 aliphatic heterocycles. The monoisotopic (exact) mass is 632 g/mol. The van der Waals surface area contributed by atoms with E-state index in [1.807, 2.05) is 48.5 Å². The van der Waals surface area contributed by atoms with Crippen LogP contribution in [-0.4, -0.2) is 75.4 Å². The van der Waals surface area contributed by atoms with E-state index < -0.39 is 60.2 Å². The number of unbranched alkanes of at least 4 members (excludes halogenated alkanes) is 1. The van der Waals surface area contributed by atoms with Crippen LogP contribution in [0, 0.1) is 0 Å². The van der Waals surface area contributed by atoms with Crippen molar-refractivity contribution in [3.63, 3.8) is 0 Å². The molecule has 0 saturated carbocycles. The zero-order valence-electron chi connectivity index (χ0n) is 25.3. The molecule has 4 unspecified atom stereocenters. The smallest absolute Gasteiger partial charge is 0.326 e. The average molecular weight is 633 g/mol. The van der Waals surface area contributed by atoms with Crippen molar-refractivity contribution in [2.24, 2.45) is 17.2 Å². The zero-order valence-corrected chi connectivity index (χ0v) is 25.3. The average Bonchev–Trinajstić information content (AvgIpc) is 3.63. The summed E-state index contributed by atoms with van der Waals surface area (Å²) in [6.45, 7) is 0.363. The van der Waals surface area contributed by atoms with E-state index in [0.717, 1.165) is 21.8 Å². The quantitative estimate of drug-likeness (QED) is 0.0731. The Morgan fingerprint density at radius 3 is 1.76 bits per heavy atom. The SMILES string of the molecule is NCCCCC(NC(=O)C(N)CC(N)=O)C(=O)NC(Cc1c[nH]c2ccccc12)C(=O)NC(Cc1c[nH]c2ccccc12)C(=O)O. The summed E-state index contributed by atoms with van der Waals surface area (Å²) in [6, 6.07) is 9.94. The molecule has 4 rings (SSSR count). The standard InChI is InChI=1S/C32H40N8O6/c33-12-6-5-11-25(38-29(42)22(34)15-28(35)41)30(43)39-26(13-18-16-36-23-9-3-1-7-20(18)23)31(44)40-27(32(45)46)14-19-17-37-24-10-4-2-8-21(19)24/h1-4,7-10,16-17,22,25-27,36-37H,5-6,11-15,33-34H2,(H2,35,41)(H,38,42)(H,39,43)(H,40,44)(H,45,46). The number of carboxylic acids is 1. The Morgan fingerprint density at radius 2 is 1.22 bits per heavy atom. The number of nitrogens with one attached hydrogen (secondary N) is 5. The number of carbonyl (C=O) groups excluding carboxylic acids is 4. The number of nitrogens with two attached hydrogens (primary N) is 3. The molecule has 14 heteroatoms. The number of aromatic nitrogens is 2. The summed E-state index contributed by atoms with van der Waals surface area (Å²) in [6.07, 6.45) is 4.25. The van der Waals surface area contributed by atoms with Gasteiger partial charge in [0.05, 0.1) is 12.5 Å². The molecule has 46 heavy (non-hydrogen) atoms. The highest BCUT2D eigenvalue weighted by Gasteiger charge is 2.31. The molecule has 4 amide bonds. The summed E-state index contributed by atoms with van der Waals surface area (Å²) < 4.78 is 0. The second-order valence-corrected chi connectivity index (χ2v) is 11.2. The fraction of sp³-hybridized carbons (Fsp3) is 0.344. The third-order valence-electron chi connectivity index (χ3n) is 7.78. The first-order valence-corrected chi connectivity index (χ1v) is 15.0. The summed E-state index contributed by atoms with van der Waals surface area (Å²) in [5, 5.41) is 19.6. The van der Waals surface area contributed by atoms with Gasteiger partial charge < -0.3 is 48.2 Å². The number of amides is 4. The number of benzene rings is 2. The number of carboxylic acid groups (broad SMARTS) is 1. The van der Waals surface area contributed by atoms with Gasteiger partial charge in [-0.05, 0) is 49.1 Å². The van der Waals surface area contributed by atoms with E-state index in [9.17, 15) is 29.1 Å². The number of aliphatic carboxylic acids is 1. The number of hydrogen-bond acceptors (Lipinski definition) is 7. The summed E-state index contributed by atoms with van der Waals surface area (Å²) in [4.78, 5) is 70.0. The highest BCUT2D eigenvalue weighted by atomic mass is 16.4. The molecule has 0 fully saturated rings. The van der Waals surface area contributed by atoms with E-state index in [-0.39, 0.29) is 19.3 Å². The number of hydrogen-bond donors (Lipinski definition) is 9. The number of primary amides is 1. The summed E-state index contributed by atoms with van der Waals surface area (Å²) >= 11 is 0. The van der Waals surface area contributed by atoms with E-state index in [4.69, 9.17) is 17.2 Å². The van der Waals surface area contributed by atoms with E-state index in [1.54, 1.807) is 12.4 Å². The van der Waals surface area contributed by atoms with Crippen LogP contribution in [0.4, 0.5) is 0 Å². The molecule has 0 radical (unpaired) electrons. The van der Waals surface area contributed by atoms with Gasteiger partial charge >= 0.3 is 5.97 Å². The lowest BCUT2D eigenvalue weighted by Gasteiger charge is -2.25. The van der Waals surface area contributed by atoms with Gasteiger partial charge in [-0.25, -0.2) is 4.79 Å². The topological polar surface area (TPSA) is 251 Å². The Morgan fingerprint density at radius 1 is 0.717 bits per heavy atom. The number of fused-ring (bicyclic) bond motifs is 2. The van der Waals surface area contributed by atoms with Gasteiger partial charge in [0.2, 0.25) is 23.6 Å². The molecule has 0 bridgehead atoms. The fourth-order valence-electron chi connectivity index (χ4n) is 5.34. The minimum Gasteiger partial charge on any atom is -0.480 e. The molecular weight excluding hydrogens is 592 g/mol. The van der Waals surface area contributed by atoms with E-state index in [1.165, 1.54) is 0 Å². The molecule has 12 N–H and O–H groups in total. The van der Waals surface area contributed by atoms with Crippen LogP contribution in [0.2, 0.25) is 0 Å². The van der Waals surface area contributed by atoms with Crippen LogP contribution in [-0.2, 0) is 36.8 Å². The van der Waals surface area contributed by atoms with Crippen LogP contribution in [0.25, 0.3) is 21.8 Å². The molecule has 2 aromatic heterocycles. The molecular formula is C32H40N8O6. The van der Waals surface area contributed by atoms with Gasteiger partial charge in [0.1, 0.15) is 18.1 Å².